The molecule has 0 fully saturated rings. The molecule has 0 saturated carbocycles. The van der Waals surface area contributed by atoms with E-state index in [1.807, 2.05) is 18.2 Å². The van der Waals surface area contributed by atoms with Crippen LogP contribution in [0.3, 0.4) is 0 Å². The number of unbranched alkanes of at least 4 members (excludes halogenated alkanes) is 1. The summed E-state index contributed by atoms with van der Waals surface area (Å²) in [7, 11) is 1.61. The third kappa shape index (κ3) is 6.27. The highest BCUT2D eigenvalue weighted by Crippen LogP contribution is 2.40. The Hall–Kier alpha value is -2.50. The van der Waals surface area contributed by atoms with E-state index in [0.29, 0.717) is 13.0 Å². The molecular formula is C28H34O4. The van der Waals surface area contributed by atoms with E-state index < -0.39 is 5.60 Å². The van der Waals surface area contributed by atoms with Crippen molar-refractivity contribution in [3.63, 3.8) is 0 Å². The van der Waals surface area contributed by atoms with Crippen molar-refractivity contribution in [3.8, 4) is 0 Å². The number of hydrogen-bond acceptors (Lipinski definition) is 4. The zero-order valence-corrected chi connectivity index (χ0v) is 18.9. The molecular weight excluding hydrogens is 400 g/mol. The third-order valence-corrected chi connectivity index (χ3v) is 5.65. The van der Waals surface area contributed by atoms with Crippen LogP contribution in [0.2, 0.25) is 0 Å². The lowest BCUT2D eigenvalue weighted by molar-refractivity contribution is -0.0811. The topological polar surface area (TPSA) is 47.9 Å². The molecule has 0 spiro atoms. The third-order valence-electron chi connectivity index (χ3n) is 5.65. The van der Waals surface area contributed by atoms with Gasteiger partial charge in [-0.3, -0.25) is 0 Å². The van der Waals surface area contributed by atoms with Crippen molar-refractivity contribution in [3.05, 3.63) is 108 Å². The average Bonchev–Trinajstić information content (AvgIpc) is 2.86. The zero-order valence-electron chi connectivity index (χ0n) is 18.9. The van der Waals surface area contributed by atoms with E-state index in [9.17, 15) is 5.11 Å². The van der Waals surface area contributed by atoms with Gasteiger partial charge in [0.05, 0.1) is 6.10 Å². The van der Waals surface area contributed by atoms with E-state index in [1.165, 1.54) is 0 Å². The Balaban J connectivity index is 1.79. The van der Waals surface area contributed by atoms with Gasteiger partial charge >= 0.3 is 0 Å². The van der Waals surface area contributed by atoms with Crippen LogP contribution in [0.1, 0.15) is 42.4 Å². The van der Waals surface area contributed by atoms with Gasteiger partial charge in [-0.2, -0.15) is 0 Å². The summed E-state index contributed by atoms with van der Waals surface area (Å²) < 4.78 is 17.5. The van der Waals surface area contributed by atoms with E-state index in [2.05, 4.69) is 72.8 Å². The zero-order chi connectivity index (χ0) is 22.5. The fourth-order valence-corrected chi connectivity index (χ4v) is 4.09. The molecule has 1 N–H and O–H groups in total. The Labute approximate surface area is 191 Å². The average molecular weight is 435 g/mol. The van der Waals surface area contributed by atoms with Gasteiger partial charge in [0.25, 0.3) is 0 Å². The molecule has 0 saturated heterocycles. The standard InChI is InChI=1S/C28H34O4/c1-30-23-31-27(20-21-29)19-11-12-22-32-28(24-13-5-2-6-14-24,25-15-7-3-8-16-25)26-17-9-4-10-18-26/h2-10,13-18,27,29H,11-12,19-23H2,1H3/t27-/m0/s1. The highest BCUT2D eigenvalue weighted by atomic mass is 16.7. The van der Waals surface area contributed by atoms with Crippen molar-refractivity contribution in [1.29, 1.82) is 0 Å². The molecule has 0 aromatic heterocycles. The minimum absolute atomic E-state index is 0.00192. The van der Waals surface area contributed by atoms with E-state index in [4.69, 9.17) is 14.2 Å². The van der Waals surface area contributed by atoms with Gasteiger partial charge in [0.2, 0.25) is 0 Å². The van der Waals surface area contributed by atoms with Gasteiger partial charge in [0.15, 0.2) is 0 Å². The van der Waals surface area contributed by atoms with Crippen LogP contribution in [0.15, 0.2) is 91.0 Å². The monoisotopic (exact) mass is 434 g/mol. The molecule has 0 aliphatic heterocycles. The number of methoxy groups -OCH3 is 1. The maximum atomic E-state index is 9.28. The summed E-state index contributed by atoms with van der Waals surface area (Å²) in [5.41, 5.74) is 2.65. The first kappa shape index (κ1) is 24.1. The molecule has 4 heteroatoms. The van der Waals surface area contributed by atoms with E-state index in [1.54, 1.807) is 7.11 Å². The molecule has 4 nitrogen and oxygen atoms in total. The second-order valence-corrected chi connectivity index (χ2v) is 7.83. The molecule has 0 heterocycles. The quantitative estimate of drug-likeness (QED) is 0.206. The van der Waals surface area contributed by atoms with Crippen molar-refractivity contribution in [2.24, 2.45) is 0 Å². The van der Waals surface area contributed by atoms with Crippen LogP contribution < -0.4 is 0 Å². The Kier molecular flexibility index (Phi) is 9.92. The predicted octanol–water partition coefficient (Wildman–Crippen LogP) is 5.54. The normalized spacial score (nSPS) is 12.6. The Bertz CT molecular complexity index is 771. The fourth-order valence-electron chi connectivity index (χ4n) is 4.09. The smallest absolute Gasteiger partial charge is 0.146 e. The summed E-state index contributed by atoms with van der Waals surface area (Å²) in [5, 5.41) is 9.28. The SMILES string of the molecule is COCO[C@H](CCO)CCCCOC(c1ccccc1)(c1ccccc1)c1ccccc1. The molecule has 32 heavy (non-hydrogen) atoms. The lowest BCUT2D eigenvalue weighted by atomic mass is 9.80. The van der Waals surface area contributed by atoms with Crippen LogP contribution in [0.4, 0.5) is 0 Å². The van der Waals surface area contributed by atoms with Gasteiger partial charge in [0, 0.05) is 20.3 Å². The fraction of sp³-hybridized carbons (Fsp3) is 0.357. The van der Waals surface area contributed by atoms with Crippen molar-refractivity contribution < 1.29 is 19.3 Å². The van der Waals surface area contributed by atoms with Crippen LogP contribution in [0, 0.1) is 0 Å². The van der Waals surface area contributed by atoms with Crippen LogP contribution in [-0.4, -0.2) is 38.3 Å². The lowest BCUT2D eigenvalue weighted by Gasteiger charge is -2.36. The molecule has 0 bridgehead atoms. The largest absolute Gasteiger partial charge is 0.396 e. The summed E-state index contributed by atoms with van der Waals surface area (Å²) in [5.74, 6) is 0. The molecule has 3 aromatic carbocycles. The minimum atomic E-state index is -0.680. The first-order chi connectivity index (χ1) is 15.8. The van der Waals surface area contributed by atoms with Gasteiger partial charge in [-0.15, -0.1) is 0 Å². The summed E-state index contributed by atoms with van der Waals surface area (Å²) in [4.78, 5) is 0. The number of hydrogen-bond donors (Lipinski definition) is 1. The van der Waals surface area contributed by atoms with E-state index in [0.717, 1.165) is 36.0 Å². The van der Waals surface area contributed by atoms with Crippen molar-refractivity contribution >= 4 is 0 Å². The van der Waals surface area contributed by atoms with E-state index >= 15 is 0 Å². The summed E-state index contributed by atoms with van der Waals surface area (Å²) in [6.07, 6.45) is 3.33. The van der Waals surface area contributed by atoms with Gasteiger partial charge in [0.1, 0.15) is 12.4 Å². The number of rotatable bonds is 14. The van der Waals surface area contributed by atoms with Crippen molar-refractivity contribution in [2.75, 3.05) is 27.1 Å². The number of benzene rings is 3. The molecule has 0 radical (unpaired) electrons. The Morgan fingerprint density at radius 1 is 0.719 bits per heavy atom. The van der Waals surface area contributed by atoms with Crippen molar-refractivity contribution in [2.45, 2.75) is 37.4 Å². The first-order valence-corrected chi connectivity index (χ1v) is 11.3. The Morgan fingerprint density at radius 3 is 1.66 bits per heavy atom. The summed E-state index contributed by atoms with van der Waals surface area (Å²) in [6, 6.07) is 31.3. The summed E-state index contributed by atoms with van der Waals surface area (Å²) in [6.45, 7) is 0.971. The van der Waals surface area contributed by atoms with Crippen LogP contribution in [-0.2, 0) is 19.8 Å². The van der Waals surface area contributed by atoms with Gasteiger partial charge in [-0.05, 0) is 42.4 Å². The molecule has 0 aliphatic rings. The van der Waals surface area contributed by atoms with Gasteiger partial charge in [-0.25, -0.2) is 0 Å². The lowest BCUT2D eigenvalue weighted by Crippen LogP contribution is -2.33. The maximum Gasteiger partial charge on any atom is 0.146 e. The molecule has 3 aromatic rings. The van der Waals surface area contributed by atoms with Crippen LogP contribution in [0.25, 0.3) is 0 Å². The molecule has 0 aliphatic carbocycles. The summed E-state index contributed by atoms with van der Waals surface area (Å²) >= 11 is 0. The number of ether oxygens (including phenoxy) is 3. The van der Waals surface area contributed by atoms with Gasteiger partial charge < -0.3 is 19.3 Å². The second-order valence-electron chi connectivity index (χ2n) is 7.83. The Morgan fingerprint density at radius 2 is 1.22 bits per heavy atom. The number of aliphatic hydroxyl groups excluding tert-OH is 1. The second kappa shape index (κ2) is 13.1. The van der Waals surface area contributed by atoms with Crippen LogP contribution in [0.5, 0.6) is 0 Å². The van der Waals surface area contributed by atoms with Crippen molar-refractivity contribution in [1.82, 2.24) is 0 Å². The highest BCUT2D eigenvalue weighted by molar-refractivity contribution is 5.47. The first-order valence-electron chi connectivity index (χ1n) is 11.3. The van der Waals surface area contributed by atoms with Gasteiger partial charge in [-0.1, -0.05) is 91.0 Å². The van der Waals surface area contributed by atoms with E-state index in [-0.39, 0.29) is 19.5 Å². The maximum absolute atomic E-state index is 9.28. The molecule has 0 unspecified atom stereocenters. The molecule has 1 atom stereocenters. The molecule has 0 amide bonds. The molecule has 170 valence electrons. The minimum Gasteiger partial charge on any atom is -0.396 e. The highest BCUT2D eigenvalue weighted by Gasteiger charge is 2.37. The molecule has 3 rings (SSSR count). The predicted molar refractivity (Wildman–Crippen MR) is 127 cm³/mol. The van der Waals surface area contributed by atoms with Crippen LogP contribution >= 0.6 is 0 Å². The number of aliphatic hydroxyl groups is 1.